The quantitative estimate of drug-likeness (QED) is 0.451. The second-order valence-electron chi connectivity index (χ2n) is 9.96. The molecule has 0 atom stereocenters. The molecule has 3 aromatic heterocycles. The average molecular weight is 507 g/mol. The minimum absolute atomic E-state index is 0.111. The fourth-order valence-corrected chi connectivity index (χ4v) is 5.47. The predicted molar refractivity (Wildman–Crippen MR) is 132 cm³/mol. The number of benzene rings is 1. The molecule has 8 nitrogen and oxygen atoms in total. The van der Waals surface area contributed by atoms with Gasteiger partial charge in [0.15, 0.2) is 0 Å². The summed E-state index contributed by atoms with van der Waals surface area (Å²) in [5.74, 6) is -0.830. The zero-order chi connectivity index (χ0) is 25.2. The van der Waals surface area contributed by atoms with Crippen molar-refractivity contribution in [2.24, 2.45) is 0 Å². The molecule has 1 N–H and O–H groups in total. The van der Waals surface area contributed by atoms with Crippen molar-refractivity contribution in [3.63, 3.8) is 0 Å². The molecule has 2 aliphatic rings. The van der Waals surface area contributed by atoms with Gasteiger partial charge in [-0.15, -0.1) is 0 Å². The van der Waals surface area contributed by atoms with Gasteiger partial charge in [0.2, 0.25) is 0 Å². The summed E-state index contributed by atoms with van der Waals surface area (Å²) in [7, 11) is 0. The number of fused-ring (bicyclic) bond motifs is 4. The van der Waals surface area contributed by atoms with Gasteiger partial charge in [0, 0.05) is 35.7 Å². The summed E-state index contributed by atoms with van der Waals surface area (Å²) >= 11 is 6.20. The lowest BCUT2D eigenvalue weighted by molar-refractivity contribution is 0.0475. The van der Waals surface area contributed by atoms with Gasteiger partial charge in [-0.2, -0.15) is 5.10 Å². The van der Waals surface area contributed by atoms with Gasteiger partial charge in [0.1, 0.15) is 17.2 Å². The Bertz CT molecular complexity index is 1530. The van der Waals surface area contributed by atoms with E-state index in [2.05, 4.69) is 9.97 Å². The number of aromatic amines is 1. The van der Waals surface area contributed by atoms with Crippen LogP contribution in [0.25, 0.3) is 10.9 Å². The molecule has 0 saturated heterocycles. The summed E-state index contributed by atoms with van der Waals surface area (Å²) in [5, 5.41) is 5.57. The van der Waals surface area contributed by atoms with Crippen molar-refractivity contribution in [1.82, 2.24) is 29.5 Å². The summed E-state index contributed by atoms with van der Waals surface area (Å²) in [6.45, 7) is 5.76. The molecular formula is C26H24ClFN6O2. The first kappa shape index (κ1) is 22.7. The third kappa shape index (κ3) is 3.65. The van der Waals surface area contributed by atoms with Crippen LogP contribution in [0.4, 0.5) is 4.39 Å². The number of hydrogen-bond donors (Lipinski definition) is 1. The zero-order valence-electron chi connectivity index (χ0n) is 19.9. The number of rotatable bonds is 3. The van der Waals surface area contributed by atoms with Crippen LogP contribution in [0.3, 0.4) is 0 Å². The van der Waals surface area contributed by atoms with E-state index in [4.69, 9.17) is 16.7 Å². The average Bonchev–Trinajstić information content (AvgIpc) is 3.41. The van der Waals surface area contributed by atoms with Crippen molar-refractivity contribution < 1.29 is 14.0 Å². The van der Waals surface area contributed by atoms with Crippen molar-refractivity contribution in [1.29, 1.82) is 0 Å². The normalized spacial score (nSPS) is 16.8. The molecule has 0 spiro atoms. The van der Waals surface area contributed by atoms with Gasteiger partial charge in [-0.25, -0.2) is 4.39 Å². The largest absolute Gasteiger partial charge is 0.350 e. The molecular weight excluding hydrogens is 483 g/mol. The summed E-state index contributed by atoms with van der Waals surface area (Å²) < 4.78 is 15.6. The highest BCUT2D eigenvalue weighted by molar-refractivity contribution is 6.35. The molecule has 0 aliphatic carbocycles. The Hall–Kier alpha value is -3.72. The zero-order valence-corrected chi connectivity index (χ0v) is 20.6. The number of hydrogen-bond acceptors (Lipinski definition) is 4. The standard InChI is InChI=1S/C26H24ClFN6O2/c1-26(2)12-22-18(14-33(26)24(35)21-11-17-19(27)9-15(28)10-20(17)30-21)23-25(36)32(7-8-34(23)31-22)13-16-5-3-4-6-29-16/h3-6,9-11,30H,7-8,12-14H2,1-2H3. The van der Waals surface area contributed by atoms with E-state index in [1.807, 2.05) is 32.0 Å². The van der Waals surface area contributed by atoms with E-state index in [-0.39, 0.29) is 23.4 Å². The van der Waals surface area contributed by atoms with Crippen LogP contribution >= 0.6 is 11.6 Å². The van der Waals surface area contributed by atoms with Gasteiger partial charge in [0.05, 0.1) is 41.6 Å². The number of carbonyl (C=O) groups is 2. The van der Waals surface area contributed by atoms with Crippen LogP contribution in [0.2, 0.25) is 5.02 Å². The fraction of sp³-hybridized carbons (Fsp3) is 0.308. The molecule has 0 saturated carbocycles. The van der Waals surface area contributed by atoms with E-state index >= 15 is 0 Å². The Morgan fingerprint density at radius 3 is 2.83 bits per heavy atom. The lowest BCUT2D eigenvalue weighted by atomic mass is 9.88. The Morgan fingerprint density at radius 1 is 1.22 bits per heavy atom. The summed E-state index contributed by atoms with van der Waals surface area (Å²) in [6.07, 6.45) is 2.23. The number of amides is 2. The third-order valence-electron chi connectivity index (χ3n) is 7.06. The van der Waals surface area contributed by atoms with Crippen LogP contribution in [-0.4, -0.2) is 53.4 Å². The van der Waals surface area contributed by atoms with Crippen LogP contribution in [0.1, 0.15) is 51.8 Å². The summed E-state index contributed by atoms with van der Waals surface area (Å²) in [5.41, 5.74) is 3.20. The number of nitrogens with one attached hydrogen (secondary N) is 1. The highest BCUT2D eigenvalue weighted by atomic mass is 35.5. The number of halogens is 2. The van der Waals surface area contributed by atoms with E-state index in [9.17, 15) is 14.0 Å². The molecule has 2 aliphatic heterocycles. The van der Waals surface area contributed by atoms with Crippen LogP contribution in [0, 0.1) is 5.82 Å². The lowest BCUT2D eigenvalue weighted by Gasteiger charge is -2.42. The van der Waals surface area contributed by atoms with Gasteiger partial charge >= 0.3 is 0 Å². The minimum Gasteiger partial charge on any atom is -0.350 e. The molecule has 0 unspecified atom stereocenters. The molecule has 10 heteroatoms. The molecule has 0 radical (unpaired) electrons. The maximum atomic E-state index is 13.8. The SMILES string of the molecule is CC1(C)Cc2nn3c(c2CN1C(=O)c1cc2c(Cl)cc(F)cc2[nH]1)C(=O)N(Cc1ccccn1)CC3. The van der Waals surface area contributed by atoms with Gasteiger partial charge in [-0.05, 0) is 44.2 Å². The summed E-state index contributed by atoms with van der Waals surface area (Å²) in [4.78, 5) is 38.1. The highest BCUT2D eigenvalue weighted by Gasteiger charge is 2.42. The van der Waals surface area contributed by atoms with E-state index < -0.39 is 11.4 Å². The second kappa shape index (κ2) is 8.16. The van der Waals surface area contributed by atoms with E-state index in [0.717, 1.165) is 17.0 Å². The predicted octanol–water partition coefficient (Wildman–Crippen LogP) is 4.19. The Labute approximate surface area is 211 Å². The molecule has 36 heavy (non-hydrogen) atoms. The molecule has 184 valence electrons. The first-order valence-corrected chi connectivity index (χ1v) is 12.2. The van der Waals surface area contributed by atoms with Crippen LogP contribution in [0.5, 0.6) is 0 Å². The maximum absolute atomic E-state index is 13.8. The highest BCUT2D eigenvalue weighted by Crippen LogP contribution is 2.35. The monoisotopic (exact) mass is 506 g/mol. The van der Waals surface area contributed by atoms with Crippen molar-refractivity contribution in [2.45, 2.75) is 45.4 Å². The van der Waals surface area contributed by atoms with Gasteiger partial charge < -0.3 is 14.8 Å². The smallest absolute Gasteiger partial charge is 0.272 e. The molecule has 0 fully saturated rings. The lowest BCUT2D eigenvalue weighted by Crippen LogP contribution is -2.52. The molecule has 1 aromatic carbocycles. The summed E-state index contributed by atoms with van der Waals surface area (Å²) in [6, 6.07) is 9.84. The Kier molecular flexibility index (Phi) is 5.15. The number of aromatic nitrogens is 4. The van der Waals surface area contributed by atoms with E-state index in [1.54, 1.807) is 26.7 Å². The van der Waals surface area contributed by atoms with Crippen molar-refractivity contribution >= 4 is 34.3 Å². The maximum Gasteiger partial charge on any atom is 0.272 e. The van der Waals surface area contributed by atoms with Crippen molar-refractivity contribution in [3.05, 3.63) is 81.8 Å². The first-order valence-electron chi connectivity index (χ1n) is 11.8. The number of carbonyl (C=O) groups excluding carboxylic acids is 2. The molecule has 6 rings (SSSR count). The van der Waals surface area contributed by atoms with Gasteiger partial charge in [-0.1, -0.05) is 17.7 Å². The second-order valence-corrected chi connectivity index (χ2v) is 10.4. The van der Waals surface area contributed by atoms with E-state index in [0.29, 0.717) is 48.3 Å². The molecule has 2 amide bonds. The third-order valence-corrected chi connectivity index (χ3v) is 7.37. The van der Waals surface area contributed by atoms with Crippen LogP contribution in [0.15, 0.2) is 42.6 Å². The number of nitrogens with zero attached hydrogens (tertiary/aromatic N) is 5. The number of H-pyrrole nitrogens is 1. The minimum atomic E-state index is -0.544. The molecule has 5 heterocycles. The Balaban J connectivity index is 1.33. The van der Waals surface area contributed by atoms with Crippen molar-refractivity contribution in [2.75, 3.05) is 6.54 Å². The Morgan fingerprint density at radius 2 is 2.06 bits per heavy atom. The van der Waals surface area contributed by atoms with Crippen molar-refractivity contribution in [3.8, 4) is 0 Å². The molecule has 0 bridgehead atoms. The van der Waals surface area contributed by atoms with Crippen LogP contribution < -0.4 is 0 Å². The topological polar surface area (TPSA) is 87.1 Å². The van der Waals surface area contributed by atoms with Crippen LogP contribution in [-0.2, 0) is 26.1 Å². The first-order chi connectivity index (χ1) is 17.2. The fourth-order valence-electron chi connectivity index (χ4n) is 5.21. The number of pyridine rings is 1. The van der Waals surface area contributed by atoms with Gasteiger partial charge in [0.25, 0.3) is 11.8 Å². The molecule has 4 aromatic rings. The van der Waals surface area contributed by atoms with E-state index in [1.165, 1.54) is 12.1 Å². The van der Waals surface area contributed by atoms with Gasteiger partial charge in [-0.3, -0.25) is 19.3 Å².